The summed E-state index contributed by atoms with van der Waals surface area (Å²) in [4.78, 5) is 10.4. The maximum atomic E-state index is 10.4. The molecule has 6 heteroatoms. The van der Waals surface area contributed by atoms with Crippen LogP contribution in [0.5, 0.6) is 0 Å². The monoisotopic (exact) mass is 420 g/mol. The van der Waals surface area contributed by atoms with Crippen molar-refractivity contribution in [1.29, 1.82) is 0 Å². The molecule has 0 aromatic heterocycles. The molecule has 0 aliphatic carbocycles. The molecule has 0 bridgehead atoms. The molecule has 0 rings (SSSR count). The zero-order valence-corrected chi connectivity index (χ0v) is 17.7. The fourth-order valence-corrected chi connectivity index (χ4v) is 3.65. The van der Waals surface area contributed by atoms with E-state index in [0.717, 1.165) is 70.6 Å². The quantitative estimate of drug-likeness (QED) is 0.211. The van der Waals surface area contributed by atoms with Gasteiger partial charge in [-0.3, -0.25) is 4.79 Å². The van der Waals surface area contributed by atoms with E-state index in [4.69, 9.17) is 51.5 Å². The van der Waals surface area contributed by atoms with Crippen LogP contribution >= 0.6 is 46.4 Å². The van der Waals surface area contributed by atoms with Gasteiger partial charge in [0.25, 0.3) is 0 Å². The summed E-state index contributed by atoms with van der Waals surface area (Å²) < 4.78 is 0. The topological polar surface area (TPSA) is 37.3 Å². The zero-order chi connectivity index (χ0) is 18.4. The van der Waals surface area contributed by atoms with E-state index in [1.807, 2.05) is 0 Å². The lowest BCUT2D eigenvalue weighted by Gasteiger charge is -2.20. The molecule has 0 fully saturated rings. The minimum Gasteiger partial charge on any atom is -0.481 e. The lowest BCUT2D eigenvalue weighted by Crippen LogP contribution is -2.20. The molecule has 0 aromatic rings. The Balaban J connectivity index is 3.68. The van der Waals surface area contributed by atoms with E-state index in [9.17, 15) is 4.79 Å². The van der Waals surface area contributed by atoms with Crippen LogP contribution in [0.1, 0.15) is 84.0 Å². The number of unbranched alkanes of at least 4 members (excludes halogenated alkanes) is 5. The van der Waals surface area contributed by atoms with Crippen molar-refractivity contribution < 1.29 is 9.90 Å². The van der Waals surface area contributed by atoms with Crippen LogP contribution in [-0.2, 0) is 4.79 Å². The maximum absolute atomic E-state index is 10.4. The number of halogens is 4. The molecule has 2 nitrogen and oxygen atoms in total. The molecule has 0 aromatic carbocycles. The number of alkyl halides is 4. The van der Waals surface area contributed by atoms with Crippen LogP contribution in [0.15, 0.2) is 0 Å². The summed E-state index contributed by atoms with van der Waals surface area (Å²) in [6, 6.07) is 0. The second-order valence-electron chi connectivity index (χ2n) is 6.48. The number of rotatable bonds is 16. The average molecular weight is 422 g/mol. The van der Waals surface area contributed by atoms with E-state index in [-0.39, 0.29) is 27.9 Å². The molecule has 24 heavy (non-hydrogen) atoms. The lowest BCUT2D eigenvalue weighted by molar-refractivity contribution is -0.137. The summed E-state index contributed by atoms with van der Waals surface area (Å²) in [6.07, 6.45) is 10.8. The van der Waals surface area contributed by atoms with Gasteiger partial charge in [-0.25, -0.2) is 0 Å². The van der Waals surface area contributed by atoms with Crippen LogP contribution in [0.3, 0.4) is 0 Å². The summed E-state index contributed by atoms with van der Waals surface area (Å²) in [5.41, 5.74) is 0. The Morgan fingerprint density at radius 2 is 1.12 bits per heavy atom. The Hall–Kier alpha value is 0.630. The summed E-state index contributed by atoms with van der Waals surface area (Å²) in [5, 5.41) is 8.42. The van der Waals surface area contributed by atoms with Gasteiger partial charge in [-0.2, -0.15) is 0 Å². The highest BCUT2D eigenvalue weighted by Gasteiger charge is 2.21. The highest BCUT2D eigenvalue weighted by atomic mass is 35.5. The molecular weight excluding hydrogens is 390 g/mol. The van der Waals surface area contributed by atoms with Gasteiger partial charge in [-0.15, -0.1) is 46.4 Å². The Kier molecular flexibility index (Phi) is 16.3. The van der Waals surface area contributed by atoms with Crippen molar-refractivity contribution in [3.8, 4) is 0 Å². The Bertz CT molecular complexity index is 315. The maximum Gasteiger partial charge on any atom is 0.303 e. The van der Waals surface area contributed by atoms with E-state index in [1.54, 1.807) is 0 Å². The van der Waals surface area contributed by atoms with Crippen LogP contribution < -0.4 is 0 Å². The highest BCUT2D eigenvalue weighted by Crippen LogP contribution is 2.26. The Labute approximate surface area is 167 Å². The average Bonchev–Trinajstić information content (AvgIpc) is 2.55. The second-order valence-corrected chi connectivity index (χ2v) is 8.73. The molecule has 144 valence electrons. The van der Waals surface area contributed by atoms with Crippen molar-refractivity contribution in [2.75, 3.05) is 0 Å². The van der Waals surface area contributed by atoms with Gasteiger partial charge in [-0.05, 0) is 32.1 Å². The van der Waals surface area contributed by atoms with Gasteiger partial charge in [0.2, 0.25) is 0 Å². The third kappa shape index (κ3) is 13.9. The first kappa shape index (κ1) is 24.6. The van der Waals surface area contributed by atoms with Gasteiger partial charge in [0, 0.05) is 27.9 Å². The molecule has 4 atom stereocenters. The first-order valence-corrected chi connectivity index (χ1v) is 10.9. The van der Waals surface area contributed by atoms with E-state index in [2.05, 4.69) is 6.92 Å². The van der Waals surface area contributed by atoms with Crippen molar-refractivity contribution in [2.45, 2.75) is 105 Å². The van der Waals surface area contributed by atoms with Crippen LogP contribution in [0.25, 0.3) is 0 Å². The number of carbonyl (C=O) groups is 1. The Morgan fingerprint density at radius 1 is 0.708 bits per heavy atom. The predicted molar refractivity (Wildman–Crippen MR) is 107 cm³/mol. The first-order valence-electron chi connectivity index (χ1n) is 9.16. The molecule has 0 heterocycles. The van der Waals surface area contributed by atoms with Gasteiger partial charge in [0.1, 0.15) is 0 Å². The van der Waals surface area contributed by atoms with E-state index < -0.39 is 5.97 Å². The van der Waals surface area contributed by atoms with Gasteiger partial charge in [-0.1, -0.05) is 45.4 Å². The van der Waals surface area contributed by atoms with Crippen molar-refractivity contribution in [3.63, 3.8) is 0 Å². The van der Waals surface area contributed by atoms with Gasteiger partial charge >= 0.3 is 5.97 Å². The van der Waals surface area contributed by atoms with E-state index in [1.165, 1.54) is 0 Å². The van der Waals surface area contributed by atoms with Gasteiger partial charge in [0.15, 0.2) is 0 Å². The van der Waals surface area contributed by atoms with Crippen LogP contribution in [-0.4, -0.2) is 32.6 Å². The second kappa shape index (κ2) is 15.9. The van der Waals surface area contributed by atoms with Gasteiger partial charge in [0.05, 0.1) is 0 Å². The van der Waals surface area contributed by atoms with Crippen molar-refractivity contribution in [1.82, 2.24) is 0 Å². The summed E-state index contributed by atoms with van der Waals surface area (Å²) >= 11 is 25.4. The molecule has 0 amide bonds. The highest BCUT2D eigenvalue weighted by molar-refractivity contribution is 6.30. The van der Waals surface area contributed by atoms with Crippen LogP contribution in [0.4, 0.5) is 0 Å². The summed E-state index contributed by atoms with van der Waals surface area (Å²) in [7, 11) is 0. The molecule has 0 aliphatic rings. The Morgan fingerprint density at radius 3 is 1.62 bits per heavy atom. The van der Waals surface area contributed by atoms with Crippen molar-refractivity contribution in [3.05, 3.63) is 0 Å². The largest absolute Gasteiger partial charge is 0.481 e. The number of carboxylic acids is 1. The normalized spacial score (nSPS) is 16.5. The number of hydrogen-bond acceptors (Lipinski definition) is 1. The third-order valence-electron chi connectivity index (χ3n) is 4.21. The van der Waals surface area contributed by atoms with Crippen molar-refractivity contribution >= 4 is 52.4 Å². The molecule has 0 aliphatic heterocycles. The molecule has 0 spiro atoms. The van der Waals surface area contributed by atoms with Crippen molar-refractivity contribution in [2.24, 2.45) is 0 Å². The summed E-state index contributed by atoms with van der Waals surface area (Å²) in [6.45, 7) is 2.14. The number of hydrogen-bond donors (Lipinski definition) is 1. The SMILES string of the molecule is CCCCC(Cl)C(Cl)CCC(Cl)C(Cl)CCCCCCCC(=O)O. The van der Waals surface area contributed by atoms with E-state index >= 15 is 0 Å². The molecule has 0 saturated carbocycles. The first-order chi connectivity index (χ1) is 11.4. The standard InChI is InChI=1S/C18H32Cl4O2/c1-2-3-9-14(19)16(21)12-13-17(22)15(20)10-7-5-4-6-8-11-18(23)24/h14-17H,2-13H2,1H3,(H,23,24). The predicted octanol–water partition coefficient (Wildman–Crippen LogP) is 7.20. The molecular formula is C18H32Cl4O2. The number of aliphatic carboxylic acids is 1. The molecule has 0 radical (unpaired) electrons. The minimum atomic E-state index is -0.715. The fraction of sp³-hybridized carbons (Fsp3) is 0.944. The molecule has 4 unspecified atom stereocenters. The smallest absolute Gasteiger partial charge is 0.303 e. The third-order valence-corrected chi connectivity index (χ3v) is 6.55. The minimum absolute atomic E-state index is 0.00932. The molecule has 1 N–H and O–H groups in total. The molecule has 0 saturated heterocycles. The van der Waals surface area contributed by atoms with Crippen LogP contribution in [0.2, 0.25) is 0 Å². The number of carboxylic acid groups (broad SMARTS) is 1. The van der Waals surface area contributed by atoms with Gasteiger partial charge < -0.3 is 5.11 Å². The van der Waals surface area contributed by atoms with Crippen LogP contribution in [0, 0.1) is 0 Å². The zero-order valence-electron chi connectivity index (χ0n) is 14.7. The lowest BCUT2D eigenvalue weighted by atomic mass is 10.0. The van der Waals surface area contributed by atoms with E-state index in [0.29, 0.717) is 0 Å². The summed E-state index contributed by atoms with van der Waals surface area (Å²) in [5.74, 6) is -0.715. The fourth-order valence-electron chi connectivity index (χ4n) is 2.59.